The molecule has 1 heterocycles. The lowest BCUT2D eigenvalue weighted by molar-refractivity contribution is -0.0512. The number of hydrogen-bond donors (Lipinski definition) is 2. The molecule has 0 fully saturated rings. The van der Waals surface area contributed by atoms with Crippen LogP contribution in [-0.4, -0.2) is 34.6 Å². The van der Waals surface area contributed by atoms with Gasteiger partial charge in [-0.2, -0.15) is 8.78 Å². The van der Waals surface area contributed by atoms with E-state index in [4.69, 9.17) is 9.15 Å². The molecular formula is C22H22F2N2O6S. The minimum atomic E-state index is -3.76. The van der Waals surface area contributed by atoms with Crippen molar-refractivity contribution in [2.45, 2.75) is 24.5 Å². The van der Waals surface area contributed by atoms with Gasteiger partial charge in [-0.25, -0.2) is 13.1 Å². The molecule has 2 aromatic carbocycles. The van der Waals surface area contributed by atoms with Gasteiger partial charge in [0.25, 0.3) is 5.91 Å². The first-order chi connectivity index (χ1) is 15.8. The van der Waals surface area contributed by atoms with Gasteiger partial charge in [-0.3, -0.25) is 4.79 Å². The average Bonchev–Trinajstić information content (AvgIpc) is 3.32. The van der Waals surface area contributed by atoms with Crippen molar-refractivity contribution in [3.8, 4) is 11.5 Å². The zero-order chi connectivity index (χ0) is 23.8. The van der Waals surface area contributed by atoms with Crippen molar-refractivity contribution in [2.75, 3.05) is 13.7 Å². The lowest BCUT2D eigenvalue weighted by Crippen LogP contribution is -2.26. The molecule has 3 aromatic rings. The Balaban J connectivity index is 1.53. The Bertz CT molecular complexity index is 1170. The molecule has 1 aromatic heterocycles. The van der Waals surface area contributed by atoms with E-state index >= 15 is 0 Å². The van der Waals surface area contributed by atoms with Crippen LogP contribution in [0.3, 0.4) is 0 Å². The highest BCUT2D eigenvalue weighted by Gasteiger charge is 2.16. The van der Waals surface area contributed by atoms with Gasteiger partial charge in [0.2, 0.25) is 10.0 Å². The van der Waals surface area contributed by atoms with Crippen molar-refractivity contribution >= 4 is 15.9 Å². The van der Waals surface area contributed by atoms with E-state index in [-0.39, 0.29) is 35.4 Å². The Morgan fingerprint density at radius 3 is 2.48 bits per heavy atom. The standard InChI is InChI=1S/C22H22F2N2O6S/c1-30-20-13-15(4-9-19(20)32-22(23)24)10-11-25-21(27)16-5-7-18(8-6-16)33(28,29)26-14-17-3-2-12-31-17/h2-9,12-13,22,26H,10-11,14H2,1H3,(H,25,27). The zero-order valence-corrected chi connectivity index (χ0v) is 18.4. The highest BCUT2D eigenvalue weighted by molar-refractivity contribution is 7.89. The normalized spacial score (nSPS) is 11.4. The van der Waals surface area contributed by atoms with Crippen LogP contribution in [-0.2, 0) is 23.0 Å². The summed E-state index contributed by atoms with van der Waals surface area (Å²) in [6.45, 7) is -2.68. The Morgan fingerprint density at radius 2 is 1.85 bits per heavy atom. The summed E-state index contributed by atoms with van der Waals surface area (Å²) in [6, 6.07) is 13.3. The molecule has 0 aliphatic heterocycles. The molecule has 0 spiro atoms. The maximum atomic E-state index is 12.4. The van der Waals surface area contributed by atoms with E-state index in [2.05, 4.69) is 14.8 Å². The summed E-state index contributed by atoms with van der Waals surface area (Å²) >= 11 is 0. The van der Waals surface area contributed by atoms with E-state index in [1.807, 2.05) is 0 Å². The smallest absolute Gasteiger partial charge is 0.387 e. The molecule has 176 valence electrons. The Hall–Kier alpha value is -3.44. The van der Waals surface area contributed by atoms with Crippen LogP contribution >= 0.6 is 0 Å². The summed E-state index contributed by atoms with van der Waals surface area (Å²) in [5, 5.41) is 2.73. The summed E-state index contributed by atoms with van der Waals surface area (Å²) in [5.74, 6) is 0.182. The van der Waals surface area contributed by atoms with Crippen molar-refractivity contribution in [1.82, 2.24) is 10.0 Å². The molecule has 8 nitrogen and oxygen atoms in total. The van der Waals surface area contributed by atoms with Crippen LogP contribution in [0, 0.1) is 0 Å². The molecule has 3 rings (SSSR count). The average molecular weight is 480 g/mol. The Morgan fingerprint density at radius 1 is 1.09 bits per heavy atom. The minimum Gasteiger partial charge on any atom is -0.493 e. The van der Waals surface area contributed by atoms with Crippen molar-refractivity contribution in [3.63, 3.8) is 0 Å². The molecular weight excluding hydrogens is 458 g/mol. The van der Waals surface area contributed by atoms with Crippen LogP contribution in [0.25, 0.3) is 0 Å². The van der Waals surface area contributed by atoms with Crippen LogP contribution < -0.4 is 19.5 Å². The SMILES string of the molecule is COc1cc(CCNC(=O)c2ccc(S(=O)(=O)NCc3ccco3)cc2)ccc1OC(F)F. The summed E-state index contributed by atoms with van der Waals surface area (Å²) in [5.41, 5.74) is 1.04. The van der Waals surface area contributed by atoms with Gasteiger partial charge in [0.15, 0.2) is 11.5 Å². The van der Waals surface area contributed by atoms with Crippen molar-refractivity contribution in [3.05, 3.63) is 77.7 Å². The molecule has 11 heteroatoms. The van der Waals surface area contributed by atoms with Crippen LogP contribution in [0.2, 0.25) is 0 Å². The number of carbonyl (C=O) groups excluding carboxylic acids is 1. The van der Waals surface area contributed by atoms with Gasteiger partial charge in [-0.1, -0.05) is 6.07 Å². The summed E-state index contributed by atoms with van der Waals surface area (Å²) in [4.78, 5) is 12.4. The number of furan rings is 1. The van der Waals surface area contributed by atoms with E-state index in [9.17, 15) is 22.0 Å². The second-order valence-electron chi connectivity index (χ2n) is 6.80. The monoisotopic (exact) mass is 480 g/mol. The van der Waals surface area contributed by atoms with Crippen molar-refractivity contribution < 1.29 is 35.9 Å². The van der Waals surface area contributed by atoms with E-state index in [0.717, 1.165) is 5.56 Å². The zero-order valence-electron chi connectivity index (χ0n) is 17.6. The number of ether oxygens (including phenoxy) is 2. The molecule has 0 saturated carbocycles. The number of nitrogens with one attached hydrogen (secondary N) is 2. The molecule has 2 N–H and O–H groups in total. The largest absolute Gasteiger partial charge is 0.493 e. The van der Waals surface area contributed by atoms with Gasteiger partial charge in [-0.15, -0.1) is 0 Å². The first-order valence-corrected chi connectivity index (χ1v) is 11.3. The fourth-order valence-electron chi connectivity index (χ4n) is 2.93. The number of hydrogen-bond acceptors (Lipinski definition) is 6. The predicted octanol–water partition coefficient (Wildman–Crippen LogP) is 3.34. The van der Waals surface area contributed by atoms with Gasteiger partial charge in [-0.05, 0) is 60.5 Å². The first kappa shape index (κ1) is 24.2. The van der Waals surface area contributed by atoms with Crippen molar-refractivity contribution in [2.24, 2.45) is 0 Å². The van der Waals surface area contributed by atoms with Crippen molar-refractivity contribution in [1.29, 1.82) is 0 Å². The first-order valence-electron chi connectivity index (χ1n) is 9.80. The van der Waals surface area contributed by atoms with Crippen LogP contribution in [0.15, 0.2) is 70.2 Å². The van der Waals surface area contributed by atoms with Crippen LogP contribution in [0.5, 0.6) is 11.5 Å². The van der Waals surface area contributed by atoms with E-state index < -0.39 is 16.6 Å². The fourth-order valence-corrected chi connectivity index (χ4v) is 3.92. The molecule has 0 unspecified atom stereocenters. The highest BCUT2D eigenvalue weighted by Crippen LogP contribution is 2.29. The number of benzene rings is 2. The van der Waals surface area contributed by atoms with Gasteiger partial charge < -0.3 is 19.2 Å². The third-order valence-corrected chi connectivity index (χ3v) is 6.00. The number of alkyl halides is 2. The fraction of sp³-hybridized carbons (Fsp3) is 0.227. The van der Waals surface area contributed by atoms with Gasteiger partial charge in [0.05, 0.1) is 24.8 Å². The van der Waals surface area contributed by atoms with Crippen LogP contribution in [0.1, 0.15) is 21.7 Å². The molecule has 0 atom stereocenters. The molecule has 1 amide bonds. The van der Waals surface area contributed by atoms with Gasteiger partial charge in [0.1, 0.15) is 5.76 Å². The Labute approximate surface area is 189 Å². The molecule has 0 saturated heterocycles. The molecule has 0 bridgehead atoms. The third kappa shape index (κ3) is 6.77. The maximum absolute atomic E-state index is 12.4. The number of rotatable bonds is 11. The molecule has 33 heavy (non-hydrogen) atoms. The number of sulfonamides is 1. The topological polar surface area (TPSA) is 107 Å². The number of halogens is 2. The second kappa shape index (κ2) is 10.9. The lowest BCUT2D eigenvalue weighted by Gasteiger charge is -2.12. The number of methoxy groups -OCH3 is 1. The molecule has 0 aliphatic rings. The highest BCUT2D eigenvalue weighted by atomic mass is 32.2. The van der Waals surface area contributed by atoms with E-state index in [0.29, 0.717) is 17.7 Å². The Kier molecular flexibility index (Phi) is 8.01. The lowest BCUT2D eigenvalue weighted by atomic mass is 10.1. The maximum Gasteiger partial charge on any atom is 0.387 e. The third-order valence-electron chi connectivity index (χ3n) is 4.59. The number of carbonyl (C=O) groups is 1. The van der Waals surface area contributed by atoms with Gasteiger partial charge >= 0.3 is 6.61 Å². The van der Waals surface area contributed by atoms with Crippen LogP contribution in [0.4, 0.5) is 8.78 Å². The summed E-state index contributed by atoms with van der Waals surface area (Å²) < 4.78 is 66.5. The molecule has 0 radical (unpaired) electrons. The number of amides is 1. The second-order valence-corrected chi connectivity index (χ2v) is 8.56. The minimum absolute atomic E-state index is 0.0115. The predicted molar refractivity (Wildman–Crippen MR) is 115 cm³/mol. The van der Waals surface area contributed by atoms with E-state index in [1.165, 1.54) is 43.7 Å². The van der Waals surface area contributed by atoms with Gasteiger partial charge in [0, 0.05) is 12.1 Å². The quantitative estimate of drug-likeness (QED) is 0.436. The van der Waals surface area contributed by atoms with E-state index in [1.54, 1.807) is 24.3 Å². The summed E-state index contributed by atoms with van der Waals surface area (Å²) in [7, 11) is -2.42. The summed E-state index contributed by atoms with van der Waals surface area (Å²) in [6.07, 6.45) is 1.87. The molecule has 0 aliphatic carbocycles.